The number of fused-ring (bicyclic) bond motifs is 13. The molecule has 0 aliphatic heterocycles. The molecule has 1 unspecified atom stereocenters. The van der Waals surface area contributed by atoms with E-state index in [0.717, 1.165) is 13.4 Å². The van der Waals surface area contributed by atoms with Crippen molar-refractivity contribution in [1.29, 1.82) is 0 Å². The highest BCUT2D eigenvalue weighted by molar-refractivity contribution is 9.13. The van der Waals surface area contributed by atoms with Crippen LogP contribution in [0.15, 0.2) is 123 Å². The van der Waals surface area contributed by atoms with E-state index in [4.69, 9.17) is 0 Å². The maximum atomic E-state index is 3.94. The molecule has 39 heavy (non-hydrogen) atoms. The molecular weight excluding hydrogens is 672 g/mol. The van der Waals surface area contributed by atoms with Gasteiger partial charge in [-0.2, -0.15) is 0 Å². The summed E-state index contributed by atoms with van der Waals surface area (Å²) in [4.78, 5) is 0. The monoisotopic (exact) mass is 690 g/mol. The molecule has 3 heteroatoms. The van der Waals surface area contributed by atoms with Crippen molar-refractivity contribution in [3.63, 3.8) is 0 Å². The molecule has 6 aromatic carbocycles. The Morgan fingerprint density at radius 2 is 0.897 bits per heavy atom. The molecule has 0 aromatic heterocycles. The van der Waals surface area contributed by atoms with Gasteiger partial charge in [0, 0.05) is 13.4 Å². The van der Waals surface area contributed by atoms with Gasteiger partial charge in [-0.05, 0) is 147 Å². The largest absolute Gasteiger partial charge is 0.0726 e. The average Bonchev–Trinajstić information content (AvgIpc) is 3.19. The first kappa shape index (κ1) is 23.9. The number of rotatable bonds is 0. The highest BCUT2D eigenvalue weighted by Crippen LogP contribution is 2.62. The number of benzene rings is 6. The Balaban J connectivity index is 1.68. The zero-order valence-electron chi connectivity index (χ0n) is 21.0. The van der Waals surface area contributed by atoms with Crippen molar-refractivity contribution in [2.24, 2.45) is 0 Å². The molecule has 0 N–H and O–H groups in total. The van der Waals surface area contributed by atoms with Crippen LogP contribution in [0.4, 0.5) is 0 Å². The van der Waals surface area contributed by atoms with Gasteiger partial charge in [0.2, 0.25) is 0 Å². The predicted molar refractivity (Wildman–Crippen MR) is 174 cm³/mol. The van der Waals surface area contributed by atoms with Crippen molar-refractivity contribution < 1.29 is 0 Å². The molecule has 0 nitrogen and oxygen atoms in total. The fourth-order valence-corrected chi connectivity index (χ4v) is 7.97. The molecule has 0 bridgehead atoms. The van der Waals surface area contributed by atoms with Crippen LogP contribution >= 0.6 is 47.8 Å². The molecule has 8 rings (SSSR count). The summed E-state index contributed by atoms with van der Waals surface area (Å²) >= 11 is 11.7. The number of halogens is 3. The van der Waals surface area contributed by atoms with E-state index in [9.17, 15) is 0 Å². The SMILES string of the molecule is Cc1cc2c(cc1Br)C1(c3cc(Br)c(Br)cc3-c3ccccc3-2)c2ccccc2-c2cc3ccccc3cc21. The van der Waals surface area contributed by atoms with Gasteiger partial charge in [-0.3, -0.25) is 0 Å². The lowest BCUT2D eigenvalue weighted by molar-refractivity contribution is 0.774. The number of hydrogen-bond acceptors (Lipinski definition) is 0. The van der Waals surface area contributed by atoms with Gasteiger partial charge in [-0.1, -0.05) is 88.7 Å². The molecular formula is C36H21Br3. The van der Waals surface area contributed by atoms with E-state index in [0.29, 0.717) is 0 Å². The van der Waals surface area contributed by atoms with Gasteiger partial charge >= 0.3 is 0 Å². The zero-order valence-corrected chi connectivity index (χ0v) is 25.8. The third kappa shape index (κ3) is 3.15. The minimum atomic E-state index is -0.501. The first-order valence-corrected chi connectivity index (χ1v) is 15.4. The molecule has 1 spiro atoms. The van der Waals surface area contributed by atoms with Crippen LogP contribution in [0.5, 0.6) is 0 Å². The van der Waals surface area contributed by atoms with E-state index >= 15 is 0 Å². The van der Waals surface area contributed by atoms with Gasteiger partial charge in [0.05, 0.1) is 5.41 Å². The van der Waals surface area contributed by atoms with Crippen LogP contribution in [-0.2, 0) is 5.41 Å². The Kier molecular flexibility index (Phi) is 5.21. The molecule has 0 fully saturated rings. The molecule has 2 aliphatic rings. The summed E-state index contributed by atoms with van der Waals surface area (Å²) in [6.45, 7) is 2.19. The van der Waals surface area contributed by atoms with E-state index in [1.165, 1.54) is 72.0 Å². The van der Waals surface area contributed by atoms with E-state index < -0.39 is 5.41 Å². The minimum absolute atomic E-state index is 0.501. The number of aryl methyl sites for hydroxylation is 1. The molecule has 0 heterocycles. The summed E-state index contributed by atoms with van der Waals surface area (Å²) in [6, 6.07) is 40.9. The van der Waals surface area contributed by atoms with Gasteiger partial charge < -0.3 is 0 Å². The summed E-state index contributed by atoms with van der Waals surface area (Å²) < 4.78 is 3.24. The van der Waals surface area contributed by atoms with Gasteiger partial charge in [-0.25, -0.2) is 0 Å². The molecule has 0 amide bonds. The normalized spacial score (nSPS) is 16.3. The summed E-state index contributed by atoms with van der Waals surface area (Å²) in [7, 11) is 0. The first-order chi connectivity index (χ1) is 19.0. The Morgan fingerprint density at radius 3 is 1.62 bits per heavy atom. The fourth-order valence-electron chi connectivity index (χ4n) is 6.94. The van der Waals surface area contributed by atoms with Crippen molar-refractivity contribution in [2.45, 2.75) is 12.3 Å². The lowest BCUT2D eigenvalue weighted by Crippen LogP contribution is -2.29. The van der Waals surface area contributed by atoms with Crippen molar-refractivity contribution in [3.8, 4) is 33.4 Å². The Bertz CT molecular complexity index is 1940. The molecule has 186 valence electrons. The van der Waals surface area contributed by atoms with E-state index in [1.54, 1.807) is 0 Å². The van der Waals surface area contributed by atoms with E-state index in [-0.39, 0.29) is 0 Å². The highest BCUT2D eigenvalue weighted by Gasteiger charge is 2.50. The third-order valence-electron chi connectivity index (χ3n) is 8.59. The molecule has 0 saturated heterocycles. The molecule has 0 saturated carbocycles. The third-order valence-corrected chi connectivity index (χ3v) is 11.3. The summed E-state index contributed by atoms with van der Waals surface area (Å²) in [5.41, 5.74) is 13.7. The highest BCUT2D eigenvalue weighted by atomic mass is 79.9. The minimum Gasteiger partial charge on any atom is -0.0619 e. The van der Waals surface area contributed by atoms with Gasteiger partial charge in [0.1, 0.15) is 0 Å². The van der Waals surface area contributed by atoms with Crippen molar-refractivity contribution in [2.75, 3.05) is 0 Å². The standard InChI is InChI=1S/C36H21Br3/c1-20-14-26-23-10-4-5-11-24(23)28-17-34(38)35(39)19-32(28)36(31(26)18-33(20)37)29-13-7-6-12-25(29)27-15-21-8-2-3-9-22(21)16-30(27)36/h2-19H,1H3. The van der Waals surface area contributed by atoms with Gasteiger partial charge in [0.25, 0.3) is 0 Å². The second-order valence-electron chi connectivity index (χ2n) is 10.5. The summed E-state index contributed by atoms with van der Waals surface area (Å²) in [5.74, 6) is 0. The second-order valence-corrected chi connectivity index (χ2v) is 13.1. The van der Waals surface area contributed by atoms with Gasteiger partial charge in [0.15, 0.2) is 0 Å². The van der Waals surface area contributed by atoms with Crippen molar-refractivity contribution in [3.05, 3.63) is 150 Å². The maximum absolute atomic E-state index is 3.94. The van der Waals surface area contributed by atoms with Crippen LogP contribution in [0.2, 0.25) is 0 Å². The first-order valence-electron chi connectivity index (χ1n) is 13.0. The van der Waals surface area contributed by atoms with E-state index in [1.807, 2.05) is 0 Å². The quantitative estimate of drug-likeness (QED) is 0.148. The predicted octanol–water partition coefficient (Wildman–Crippen LogP) is 11.4. The molecule has 1 atom stereocenters. The van der Waals surface area contributed by atoms with Crippen LogP contribution in [0.25, 0.3) is 44.2 Å². The zero-order chi connectivity index (χ0) is 26.5. The summed E-state index contributed by atoms with van der Waals surface area (Å²) in [5, 5.41) is 2.53. The number of hydrogen-bond donors (Lipinski definition) is 0. The van der Waals surface area contributed by atoms with Crippen LogP contribution in [-0.4, -0.2) is 0 Å². The average molecular weight is 693 g/mol. The van der Waals surface area contributed by atoms with E-state index in [2.05, 4.69) is 164 Å². The van der Waals surface area contributed by atoms with Crippen LogP contribution in [0.3, 0.4) is 0 Å². The Labute approximate surface area is 253 Å². The molecule has 2 aliphatic carbocycles. The van der Waals surface area contributed by atoms with Gasteiger partial charge in [-0.15, -0.1) is 0 Å². The maximum Gasteiger partial charge on any atom is 0.0726 e. The Morgan fingerprint density at radius 1 is 0.410 bits per heavy atom. The Hall–Kier alpha value is -2.98. The lowest BCUT2D eigenvalue weighted by Gasteiger charge is -2.36. The van der Waals surface area contributed by atoms with Crippen LogP contribution < -0.4 is 0 Å². The topological polar surface area (TPSA) is 0 Å². The smallest absolute Gasteiger partial charge is 0.0619 e. The lowest BCUT2D eigenvalue weighted by atomic mass is 9.65. The molecule has 0 radical (unpaired) electrons. The van der Waals surface area contributed by atoms with Crippen LogP contribution in [0.1, 0.15) is 27.8 Å². The van der Waals surface area contributed by atoms with Crippen molar-refractivity contribution in [1.82, 2.24) is 0 Å². The van der Waals surface area contributed by atoms with Crippen LogP contribution in [0, 0.1) is 6.92 Å². The van der Waals surface area contributed by atoms with Crippen molar-refractivity contribution >= 4 is 58.6 Å². The molecule has 6 aromatic rings. The summed E-state index contributed by atoms with van der Waals surface area (Å²) in [6.07, 6.45) is 0. The second kappa shape index (κ2) is 8.51. The fraction of sp³-hybridized carbons (Fsp3) is 0.0556.